The van der Waals surface area contributed by atoms with Crippen molar-refractivity contribution in [2.45, 2.75) is 44.6 Å². The molecule has 0 aliphatic carbocycles. The van der Waals surface area contributed by atoms with E-state index in [1.807, 2.05) is 36.9 Å². The number of carbonyl (C=O) groups excluding carboxylic acids is 1. The maximum atomic E-state index is 11.4. The highest BCUT2D eigenvalue weighted by molar-refractivity contribution is 7.99. The van der Waals surface area contributed by atoms with Crippen LogP contribution in [0.25, 0.3) is 0 Å². The SMILES string of the molecule is CC(=O)Nc1cccc(Nc2ncnc(N3CCC(SCc4ccc(C)cc4)CC3)n2)c1C. The second kappa shape index (κ2) is 10.7. The Labute approximate surface area is 199 Å². The number of hydrogen-bond acceptors (Lipinski definition) is 7. The molecule has 0 bridgehead atoms. The molecule has 0 spiro atoms. The highest BCUT2D eigenvalue weighted by Gasteiger charge is 2.22. The van der Waals surface area contributed by atoms with E-state index in [1.165, 1.54) is 18.1 Å². The molecule has 1 aliphatic heterocycles. The van der Waals surface area contributed by atoms with Crippen molar-refractivity contribution in [3.8, 4) is 0 Å². The molecule has 1 aromatic heterocycles. The van der Waals surface area contributed by atoms with Crippen molar-refractivity contribution in [2.75, 3.05) is 28.6 Å². The van der Waals surface area contributed by atoms with Crippen LogP contribution in [0, 0.1) is 13.8 Å². The Hall–Kier alpha value is -3.13. The summed E-state index contributed by atoms with van der Waals surface area (Å²) in [4.78, 5) is 27.0. The molecule has 3 aromatic rings. The third-order valence-electron chi connectivity index (χ3n) is 5.78. The summed E-state index contributed by atoms with van der Waals surface area (Å²) >= 11 is 2.04. The average Bonchev–Trinajstić information content (AvgIpc) is 2.82. The summed E-state index contributed by atoms with van der Waals surface area (Å²) in [5, 5.41) is 6.77. The van der Waals surface area contributed by atoms with Gasteiger partial charge in [0.25, 0.3) is 0 Å². The van der Waals surface area contributed by atoms with E-state index >= 15 is 0 Å². The normalized spacial score (nSPS) is 14.2. The topological polar surface area (TPSA) is 83.0 Å². The van der Waals surface area contributed by atoms with Gasteiger partial charge >= 0.3 is 0 Å². The van der Waals surface area contributed by atoms with Crippen LogP contribution in [-0.2, 0) is 10.5 Å². The highest BCUT2D eigenvalue weighted by Crippen LogP contribution is 2.29. The number of nitrogens with zero attached hydrogens (tertiary/aromatic N) is 4. The zero-order valence-electron chi connectivity index (χ0n) is 19.3. The van der Waals surface area contributed by atoms with Gasteiger partial charge in [-0.2, -0.15) is 16.7 Å². The lowest BCUT2D eigenvalue weighted by molar-refractivity contribution is -0.114. The number of aromatic nitrogens is 3. The molecule has 172 valence electrons. The third-order valence-corrected chi connectivity index (χ3v) is 7.22. The molecule has 4 rings (SSSR count). The average molecular weight is 463 g/mol. The van der Waals surface area contributed by atoms with Gasteiger partial charge in [0.2, 0.25) is 17.8 Å². The molecule has 2 heterocycles. The molecule has 7 nitrogen and oxygen atoms in total. The first-order chi connectivity index (χ1) is 16.0. The smallest absolute Gasteiger partial charge is 0.232 e. The Kier molecular flexibility index (Phi) is 7.44. The minimum atomic E-state index is -0.0990. The second-order valence-electron chi connectivity index (χ2n) is 8.38. The van der Waals surface area contributed by atoms with Crippen LogP contribution in [0.15, 0.2) is 48.8 Å². The number of carbonyl (C=O) groups is 1. The number of thioether (sulfide) groups is 1. The minimum absolute atomic E-state index is 0.0990. The Bertz CT molecular complexity index is 1100. The quantitative estimate of drug-likeness (QED) is 0.506. The van der Waals surface area contributed by atoms with Crippen LogP contribution in [0.2, 0.25) is 0 Å². The van der Waals surface area contributed by atoms with Gasteiger partial charge in [0, 0.05) is 42.4 Å². The first kappa shape index (κ1) is 23.0. The fourth-order valence-corrected chi connectivity index (χ4v) is 5.00. The molecule has 0 atom stereocenters. The van der Waals surface area contributed by atoms with E-state index in [0.29, 0.717) is 17.1 Å². The van der Waals surface area contributed by atoms with E-state index in [9.17, 15) is 4.79 Å². The van der Waals surface area contributed by atoms with Crippen LogP contribution in [0.1, 0.15) is 36.5 Å². The third kappa shape index (κ3) is 6.22. The van der Waals surface area contributed by atoms with Crippen molar-refractivity contribution in [2.24, 2.45) is 0 Å². The number of anilines is 4. The standard InChI is InChI=1S/C25H30N6OS/c1-17-7-9-20(10-8-17)15-33-21-11-13-31(14-12-21)25-27-16-26-24(30-25)29-23-6-4-5-22(18(23)2)28-19(3)32/h4-10,16,21H,11-15H2,1-3H3,(H,28,32)(H,26,27,29,30). The zero-order valence-corrected chi connectivity index (χ0v) is 20.2. The number of benzene rings is 2. The Morgan fingerprint density at radius 2 is 1.79 bits per heavy atom. The van der Waals surface area contributed by atoms with Gasteiger partial charge in [-0.05, 0) is 49.9 Å². The predicted molar refractivity (Wildman–Crippen MR) is 136 cm³/mol. The van der Waals surface area contributed by atoms with Gasteiger partial charge in [-0.25, -0.2) is 9.97 Å². The van der Waals surface area contributed by atoms with Gasteiger partial charge in [0.1, 0.15) is 6.33 Å². The van der Waals surface area contributed by atoms with Crippen molar-refractivity contribution in [1.82, 2.24) is 15.0 Å². The summed E-state index contributed by atoms with van der Waals surface area (Å²) in [5.74, 6) is 2.16. The Morgan fingerprint density at radius 3 is 2.52 bits per heavy atom. The number of nitrogens with one attached hydrogen (secondary N) is 2. The molecule has 1 saturated heterocycles. The molecule has 0 unspecified atom stereocenters. The first-order valence-corrected chi connectivity index (χ1v) is 12.3. The largest absolute Gasteiger partial charge is 0.341 e. The molecule has 1 fully saturated rings. The lowest BCUT2D eigenvalue weighted by atomic mass is 10.1. The Balaban J connectivity index is 1.34. The van der Waals surface area contributed by atoms with Crippen molar-refractivity contribution in [3.05, 3.63) is 65.5 Å². The van der Waals surface area contributed by atoms with Crippen LogP contribution < -0.4 is 15.5 Å². The lowest BCUT2D eigenvalue weighted by Crippen LogP contribution is -2.36. The summed E-state index contributed by atoms with van der Waals surface area (Å²) in [6.07, 6.45) is 3.78. The summed E-state index contributed by atoms with van der Waals surface area (Å²) in [6.45, 7) is 7.45. The molecule has 1 amide bonds. The molecular weight excluding hydrogens is 432 g/mol. The summed E-state index contributed by atoms with van der Waals surface area (Å²) < 4.78 is 0. The summed E-state index contributed by atoms with van der Waals surface area (Å²) in [7, 11) is 0. The van der Waals surface area contributed by atoms with Crippen molar-refractivity contribution in [3.63, 3.8) is 0 Å². The van der Waals surface area contributed by atoms with Crippen molar-refractivity contribution < 1.29 is 4.79 Å². The van der Waals surface area contributed by atoms with Crippen molar-refractivity contribution >= 4 is 40.9 Å². The van der Waals surface area contributed by atoms with Gasteiger partial charge in [0.15, 0.2) is 0 Å². The van der Waals surface area contributed by atoms with Crippen LogP contribution >= 0.6 is 11.8 Å². The number of amides is 1. The molecular formula is C25H30N6OS. The predicted octanol–water partition coefficient (Wildman–Crippen LogP) is 5.09. The molecule has 33 heavy (non-hydrogen) atoms. The van der Waals surface area contributed by atoms with Gasteiger partial charge in [0.05, 0.1) is 0 Å². The fourth-order valence-electron chi connectivity index (χ4n) is 3.84. The monoisotopic (exact) mass is 462 g/mol. The van der Waals surface area contributed by atoms with E-state index in [4.69, 9.17) is 0 Å². The van der Waals surface area contributed by atoms with E-state index in [1.54, 1.807) is 6.33 Å². The molecule has 0 radical (unpaired) electrons. The van der Waals surface area contributed by atoms with Crippen LogP contribution in [0.5, 0.6) is 0 Å². The molecule has 0 saturated carbocycles. The number of piperidine rings is 1. The van der Waals surface area contributed by atoms with Gasteiger partial charge in [-0.1, -0.05) is 35.9 Å². The molecule has 8 heteroatoms. The van der Waals surface area contributed by atoms with E-state index in [0.717, 1.165) is 48.6 Å². The van der Waals surface area contributed by atoms with Crippen molar-refractivity contribution in [1.29, 1.82) is 0 Å². The van der Waals surface area contributed by atoms with Gasteiger partial charge < -0.3 is 15.5 Å². The highest BCUT2D eigenvalue weighted by atomic mass is 32.2. The fraction of sp³-hybridized carbons (Fsp3) is 0.360. The van der Waals surface area contributed by atoms with Gasteiger partial charge in [-0.3, -0.25) is 4.79 Å². The second-order valence-corrected chi connectivity index (χ2v) is 9.67. The maximum Gasteiger partial charge on any atom is 0.232 e. The van der Waals surface area contributed by atoms with Crippen LogP contribution in [0.3, 0.4) is 0 Å². The first-order valence-electron chi connectivity index (χ1n) is 11.2. The van der Waals surface area contributed by atoms with Crippen LogP contribution in [-0.4, -0.2) is 39.2 Å². The lowest BCUT2D eigenvalue weighted by Gasteiger charge is -2.31. The Morgan fingerprint density at radius 1 is 1.06 bits per heavy atom. The number of hydrogen-bond donors (Lipinski definition) is 2. The zero-order chi connectivity index (χ0) is 23.2. The number of rotatable bonds is 7. The van der Waals surface area contributed by atoms with Gasteiger partial charge in [-0.15, -0.1) is 0 Å². The van der Waals surface area contributed by atoms with E-state index in [-0.39, 0.29) is 5.91 Å². The molecule has 1 aliphatic rings. The minimum Gasteiger partial charge on any atom is -0.341 e. The molecule has 2 N–H and O–H groups in total. The van der Waals surface area contributed by atoms with Crippen LogP contribution in [0.4, 0.5) is 23.3 Å². The number of aryl methyl sites for hydroxylation is 1. The maximum absolute atomic E-state index is 11.4. The summed E-state index contributed by atoms with van der Waals surface area (Å²) in [6, 6.07) is 14.5. The summed E-state index contributed by atoms with van der Waals surface area (Å²) in [5.41, 5.74) is 5.25. The van der Waals surface area contributed by atoms with E-state index in [2.05, 4.69) is 61.7 Å². The van der Waals surface area contributed by atoms with E-state index < -0.39 is 0 Å². The molecule has 2 aromatic carbocycles.